The van der Waals surface area contributed by atoms with Crippen molar-refractivity contribution in [3.63, 3.8) is 0 Å². The fourth-order valence-corrected chi connectivity index (χ4v) is 3.23. The van der Waals surface area contributed by atoms with Crippen LogP contribution < -0.4 is 5.73 Å². The Morgan fingerprint density at radius 2 is 2.09 bits per heavy atom. The summed E-state index contributed by atoms with van der Waals surface area (Å²) >= 11 is 1.57. The highest BCUT2D eigenvalue weighted by Crippen LogP contribution is 2.23. The van der Waals surface area contributed by atoms with Gasteiger partial charge in [-0.15, -0.1) is 11.3 Å². The van der Waals surface area contributed by atoms with Gasteiger partial charge in [0.1, 0.15) is 4.83 Å². The third kappa shape index (κ3) is 2.73. The molecule has 2 heterocycles. The lowest BCUT2D eigenvalue weighted by molar-refractivity contribution is 0.0735. The van der Waals surface area contributed by atoms with Crippen LogP contribution in [-0.4, -0.2) is 29.4 Å². The summed E-state index contributed by atoms with van der Waals surface area (Å²) in [6, 6.07) is 13.5. The number of rotatable bonds is 4. The van der Waals surface area contributed by atoms with Gasteiger partial charge in [-0.3, -0.25) is 4.79 Å². The summed E-state index contributed by atoms with van der Waals surface area (Å²) in [5.74, 6) is -0.0695. The van der Waals surface area contributed by atoms with Crippen LogP contribution in [0.1, 0.15) is 22.0 Å². The molecular weight excluding hydrogens is 294 g/mol. The molecule has 1 atom stereocenters. The molecule has 0 saturated carbocycles. The maximum atomic E-state index is 12.7. The van der Waals surface area contributed by atoms with Gasteiger partial charge in [-0.05, 0) is 23.1 Å². The van der Waals surface area contributed by atoms with Crippen LogP contribution in [0.25, 0.3) is 10.2 Å². The summed E-state index contributed by atoms with van der Waals surface area (Å²) in [7, 11) is 1.78. The first kappa shape index (κ1) is 14.7. The van der Waals surface area contributed by atoms with Gasteiger partial charge < -0.3 is 10.6 Å². The molecule has 0 radical (unpaired) electrons. The van der Waals surface area contributed by atoms with E-state index in [9.17, 15) is 4.79 Å². The summed E-state index contributed by atoms with van der Waals surface area (Å²) < 4.78 is 0. The minimum atomic E-state index is -0.146. The monoisotopic (exact) mass is 311 g/mol. The first-order chi connectivity index (χ1) is 10.7. The first-order valence-electron chi connectivity index (χ1n) is 7.06. The smallest absolute Gasteiger partial charge is 0.255 e. The quantitative estimate of drug-likeness (QED) is 0.805. The number of amides is 1. The molecule has 0 bridgehead atoms. The van der Waals surface area contributed by atoms with Gasteiger partial charge in [-0.2, -0.15) is 0 Å². The topological polar surface area (TPSA) is 59.2 Å². The lowest BCUT2D eigenvalue weighted by Gasteiger charge is -2.27. The number of hydrogen-bond acceptors (Lipinski definition) is 4. The molecule has 0 saturated heterocycles. The number of nitrogens with two attached hydrogens (primary N) is 1. The Morgan fingerprint density at radius 3 is 2.82 bits per heavy atom. The maximum absolute atomic E-state index is 12.7. The second kappa shape index (κ2) is 6.25. The van der Waals surface area contributed by atoms with Crippen molar-refractivity contribution in [1.82, 2.24) is 9.88 Å². The average molecular weight is 311 g/mol. The second-order valence-corrected chi connectivity index (χ2v) is 6.01. The van der Waals surface area contributed by atoms with Crippen molar-refractivity contribution < 1.29 is 4.79 Å². The second-order valence-electron chi connectivity index (χ2n) is 5.12. The number of nitrogens with zero attached hydrogens (tertiary/aromatic N) is 2. The van der Waals surface area contributed by atoms with E-state index in [0.717, 1.165) is 15.8 Å². The van der Waals surface area contributed by atoms with Crippen LogP contribution in [0.2, 0.25) is 0 Å². The van der Waals surface area contributed by atoms with Gasteiger partial charge in [0.2, 0.25) is 0 Å². The maximum Gasteiger partial charge on any atom is 0.255 e. The van der Waals surface area contributed by atoms with Crippen LogP contribution in [0.3, 0.4) is 0 Å². The van der Waals surface area contributed by atoms with E-state index >= 15 is 0 Å². The largest absolute Gasteiger partial charge is 0.333 e. The van der Waals surface area contributed by atoms with E-state index in [1.807, 2.05) is 47.8 Å². The number of pyridine rings is 1. The van der Waals surface area contributed by atoms with Crippen LogP contribution >= 0.6 is 11.3 Å². The van der Waals surface area contributed by atoms with E-state index in [-0.39, 0.29) is 11.9 Å². The molecule has 0 aliphatic rings. The normalized spacial score (nSPS) is 12.3. The third-order valence-corrected chi connectivity index (χ3v) is 4.59. The van der Waals surface area contributed by atoms with Crippen molar-refractivity contribution in [3.8, 4) is 0 Å². The minimum absolute atomic E-state index is 0.0695. The highest BCUT2D eigenvalue weighted by Gasteiger charge is 2.22. The average Bonchev–Trinajstić information content (AvgIpc) is 3.03. The van der Waals surface area contributed by atoms with E-state index < -0.39 is 0 Å². The minimum Gasteiger partial charge on any atom is -0.333 e. The Hall–Kier alpha value is -2.24. The molecule has 4 nitrogen and oxygen atoms in total. The molecule has 112 valence electrons. The van der Waals surface area contributed by atoms with Crippen molar-refractivity contribution in [3.05, 3.63) is 65.2 Å². The van der Waals surface area contributed by atoms with Crippen LogP contribution in [0.15, 0.2) is 54.0 Å². The number of likely N-dealkylation sites (N-methyl/N-ethyl adjacent to an activating group) is 1. The Kier molecular flexibility index (Phi) is 4.18. The highest BCUT2D eigenvalue weighted by molar-refractivity contribution is 7.16. The van der Waals surface area contributed by atoms with Gasteiger partial charge >= 0.3 is 0 Å². The Balaban J connectivity index is 1.89. The van der Waals surface area contributed by atoms with Crippen LogP contribution in [0, 0.1) is 0 Å². The molecule has 1 unspecified atom stereocenters. The number of benzene rings is 1. The number of aromatic nitrogens is 1. The summed E-state index contributed by atoms with van der Waals surface area (Å²) in [6.07, 6.45) is 1.64. The zero-order chi connectivity index (χ0) is 15.5. The van der Waals surface area contributed by atoms with E-state index in [0.29, 0.717) is 12.1 Å². The van der Waals surface area contributed by atoms with Gasteiger partial charge in [0.25, 0.3) is 5.91 Å². The van der Waals surface area contributed by atoms with Crippen molar-refractivity contribution in [2.75, 3.05) is 13.6 Å². The molecule has 0 aliphatic heterocycles. The number of carbonyl (C=O) groups is 1. The molecule has 3 aromatic rings. The van der Waals surface area contributed by atoms with Crippen molar-refractivity contribution in [2.45, 2.75) is 6.04 Å². The molecule has 0 aliphatic carbocycles. The van der Waals surface area contributed by atoms with Gasteiger partial charge in [-0.1, -0.05) is 30.3 Å². The van der Waals surface area contributed by atoms with Gasteiger partial charge in [0.05, 0.1) is 11.6 Å². The molecule has 22 heavy (non-hydrogen) atoms. The number of fused-ring (bicyclic) bond motifs is 1. The van der Waals surface area contributed by atoms with Gasteiger partial charge in [0.15, 0.2) is 0 Å². The number of carbonyl (C=O) groups excluding carboxylic acids is 1. The summed E-state index contributed by atoms with van der Waals surface area (Å²) in [5.41, 5.74) is 7.51. The molecule has 2 aromatic heterocycles. The first-order valence-corrected chi connectivity index (χ1v) is 7.94. The standard InChI is InChI=1S/C17H17N3OS/c1-20(15(10-18)12-5-3-2-4-6-12)17(21)14-9-13-7-8-22-16(13)19-11-14/h2-9,11,15H,10,18H2,1H3. The Labute approximate surface area is 133 Å². The predicted octanol–water partition coefficient (Wildman–Crippen LogP) is 3.07. The van der Waals surface area contributed by atoms with Gasteiger partial charge in [-0.25, -0.2) is 4.98 Å². The zero-order valence-corrected chi connectivity index (χ0v) is 13.1. The Morgan fingerprint density at radius 1 is 1.32 bits per heavy atom. The van der Waals surface area contributed by atoms with E-state index in [1.165, 1.54) is 0 Å². The molecule has 0 fully saturated rings. The Bertz CT molecular complexity index is 785. The van der Waals surface area contributed by atoms with Crippen LogP contribution in [0.4, 0.5) is 0 Å². The molecule has 3 rings (SSSR count). The summed E-state index contributed by atoms with van der Waals surface area (Å²) in [5, 5.41) is 2.97. The van der Waals surface area contributed by atoms with Crippen molar-refractivity contribution >= 4 is 27.5 Å². The zero-order valence-electron chi connectivity index (χ0n) is 12.3. The fraction of sp³-hybridized carbons (Fsp3) is 0.176. The molecule has 2 N–H and O–H groups in total. The van der Waals surface area contributed by atoms with Crippen molar-refractivity contribution in [2.24, 2.45) is 5.73 Å². The lowest BCUT2D eigenvalue weighted by atomic mass is 10.0. The predicted molar refractivity (Wildman–Crippen MR) is 90.0 cm³/mol. The number of hydrogen-bond donors (Lipinski definition) is 1. The SMILES string of the molecule is CN(C(=O)c1cnc2sccc2c1)C(CN)c1ccccc1. The molecule has 1 amide bonds. The lowest BCUT2D eigenvalue weighted by Crippen LogP contribution is -2.35. The number of thiophene rings is 1. The molecular formula is C17H17N3OS. The van der Waals surface area contributed by atoms with E-state index in [1.54, 1.807) is 29.5 Å². The van der Waals surface area contributed by atoms with Crippen molar-refractivity contribution in [1.29, 1.82) is 0 Å². The van der Waals surface area contributed by atoms with E-state index in [4.69, 9.17) is 5.73 Å². The van der Waals surface area contributed by atoms with Gasteiger partial charge in [0, 0.05) is 25.2 Å². The third-order valence-electron chi connectivity index (χ3n) is 3.75. The summed E-state index contributed by atoms with van der Waals surface area (Å²) in [6.45, 7) is 0.375. The molecule has 5 heteroatoms. The van der Waals surface area contributed by atoms with Crippen LogP contribution in [-0.2, 0) is 0 Å². The molecule has 0 spiro atoms. The van der Waals surface area contributed by atoms with Crippen LogP contribution in [0.5, 0.6) is 0 Å². The highest BCUT2D eigenvalue weighted by atomic mass is 32.1. The molecule has 1 aromatic carbocycles. The fourth-order valence-electron chi connectivity index (χ4n) is 2.51. The summed E-state index contributed by atoms with van der Waals surface area (Å²) in [4.78, 5) is 19.7. The van der Waals surface area contributed by atoms with E-state index in [2.05, 4.69) is 4.98 Å².